The van der Waals surface area contributed by atoms with Crippen LogP contribution >= 0.6 is 11.8 Å². The van der Waals surface area contributed by atoms with Gasteiger partial charge in [0.2, 0.25) is 0 Å². The van der Waals surface area contributed by atoms with Crippen LogP contribution in [0.25, 0.3) is 6.08 Å². The molecule has 1 saturated carbocycles. The number of amidine groups is 1. The summed E-state index contributed by atoms with van der Waals surface area (Å²) in [6.45, 7) is 3.75. The van der Waals surface area contributed by atoms with Crippen LogP contribution in [-0.2, 0) is 11.2 Å². The van der Waals surface area contributed by atoms with Gasteiger partial charge in [-0.15, -0.1) is 6.58 Å². The number of aromatic hydroxyl groups is 1. The number of amides is 1. The largest absolute Gasteiger partial charge is 0.508 e. The molecular formula is C25H26N2O2S. The van der Waals surface area contributed by atoms with Crippen LogP contribution in [0.15, 0.2) is 71.1 Å². The van der Waals surface area contributed by atoms with Crippen LogP contribution in [0.3, 0.4) is 0 Å². The van der Waals surface area contributed by atoms with Crippen molar-refractivity contribution in [1.82, 2.24) is 4.90 Å². The number of carbonyl (C=O) groups is 1. The van der Waals surface area contributed by atoms with Crippen molar-refractivity contribution in [3.8, 4) is 5.75 Å². The van der Waals surface area contributed by atoms with Crippen LogP contribution in [-0.4, -0.2) is 27.1 Å². The molecule has 2 aliphatic rings. The summed E-state index contributed by atoms with van der Waals surface area (Å²) in [6, 6.07) is 15.4. The lowest BCUT2D eigenvalue weighted by Gasteiger charge is -2.30. The van der Waals surface area contributed by atoms with Crippen LogP contribution in [0.5, 0.6) is 5.75 Å². The summed E-state index contributed by atoms with van der Waals surface area (Å²) in [5, 5.41) is 10.8. The Balaban J connectivity index is 1.69. The Morgan fingerprint density at radius 1 is 1.13 bits per heavy atom. The van der Waals surface area contributed by atoms with Gasteiger partial charge < -0.3 is 5.11 Å². The third-order valence-electron chi connectivity index (χ3n) is 5.52. The summed E-state index contributed by atoms with van der Waals surface area (Å²) in [5.41, 5.74) is 2.55. The van der Waals surface area contributed by atoms with Gasteiger partial charge in [-0.1, -0.05) is 49.6 Å². The summed E-state index contributed by atoms with van der Waals surface area (Å²) in [4.78, 5) is 20.8. The van der Waals surface area contributed by atoms with Crippen molar-refractivity contribution in [2.75, 3.05) is 0 Å². The maximum absolute atomic E-state index is 13.4. The van der Waals surface area contributed by atoms with E-state index >= 15 is 0 Å². The average molecular weight is 419 g/mol. The Labute approximate surface area is 182 Å². The first-order valence-corrected chi connectivity index (χ1v) is 11.3. The van der Waals surface area contributed by atoms with Crippen molar-refractivity contribution < 1.29 is 9.90 Å². The fourth-order valence-corrected chi connectivity index (χ4v) is 5.06. The summed E-state index contributed by atoms with van der Waals surface area (Å²) in [6.07, 6.45) is 9.84. The summed E-state index contributed by atoms with van der Waals surface area (Å²) < 4.78 is 0. The number of hydrogen-bond acceptors (Lipinski definition) is 4. The molecule has 30 heavy (non-hydrogen) atoms. The number of aliphatic imine (C=N–C) groups is 1. The third-order valence-corrected chi connectivity index (χ3v) is 6.51. The average Bonchev–Trinajstić information content (AvgIpc) is 3.06. The Hall–Kier alpha value is -2.79. The number of allylic oxidation sites excluding steroid dienone is 1. The molecule has 1 N–H and O–H groups in total. The second-order valence-electron chi connectivity index (χ2n) is 7.69. The number of rotatable bonds is 5. The Morgan fingerprint density at radius 2 is 1.90 bits per heavy atom. The van der Waals surface area contributed by atoms with Gasteiger partial charge in [-0.3, -0.25) is 9.69 Å². The van der Waals surface area contributed by atoms with Gasteiger partial charge in [0.15, 0.2) is 5.17 Å². The molecule has 0 radical (unpaired) electrons. The van der Waals surface area contributed by atoms with E-state index < -0.39 is 0 Å². The van der Waals surface area contributed by atoms with Crippen molar-refractivity contribution >= 4 is 34.6 Å². The second-order valence-corrected chi connectivity index (χ2v) is 8.70. The molecule has 0 atom stereocenters. The van der Waals surface area contributed by atoms with E-state index in [-0.39, 0.29) is 17.7 Å². The number of para-hydroxylation sites is 1. The molecule has 1 aliphatic heterocycles. The van der Waals surface area contributed by atoms with Gasteiger partial charge in [-0.2, -0.15) is 0 Å². The van der Waals surface area contributed by atoms with Gasteiger partial charge in [-0.05, 0) is 72.5 Å². The molecule has 1 aliphatic carbocycles. The highest BCUT2D eigenvalue weighted by atomic mass is 32.2. The molecule has 1 saturated heterocycles. The molecule has 0 spiro atoms. The van der Waals surface area contributed by atoms with Crippen molar-refractivity contribution in [2.45, 2.75) is 44.6 Å². The Morgan fingerprint density at radius 3 is 2.63 bits per heavy atom. The molecule has 0 aromatic heterocycles. The maximum atomic E-state index is 13.4. The summed E-state index contributed by atoms with van der Waals surface area (Å²) in [7, 11) is 0. The zero-order valence-corrected chi connectivity index (χ0v) is 17.8. The fraction of sp³-hybridized carbons (Fsp3) is 0.280. The molecule has 5 heteroatoms. The lowest BCUT2D eigenvalue weighted by Crippen LogP contribution is -2.40. The molecule has 0 unspecified atom stereocenters. The van der Waals surface area contributed by atoms with Crippen molar-refractivity contribution in [3.63, 3.8) is 0 Å². The van der Waals surface area contributed by atoms with Gasteiger partial charge in [0.1, 0.15) is 5.75 Å². The minimum atomic E-state index is 0.0277. The molecule has 0 bridgehead atoms. The standard InChI is InChI=1S/C25H26N2O2S/c1-2-9-19-16-18(14-15-22(19)28)17-23-24(29)27(21-12-7-4-8-13-21)25(30-23)26-20-10-5-3-6-11-20/h2-3,5-6,10-11,14-17,21,28H,1,4,7-9,12-13H2/b23-17+,26-25?. The van der Waals surface area contributed by atoms with Crippen LogP contribution < -0.4 is 0 Å². The number of benzene rings is 2. The normalized spacial score (nSPS) is 20.3. The van der Waals surface area contributed by atoms with Gasteiger partial charge in [0.25, 0.3) is 5.91 Å². The Kier molecular flexibility index (Phi) is 6.38. The SMILES string of the molecule is C=CCc1cc(/C=C2/SC(=Nc3ccccc3)N(C3CCCCC3)C2=O)ccc1O. The van der Waals surface area contributed by atoms with E-state index in [0.29, 0.717) is 11.3 Å². The van der Waals surface area contributed by atoms with E-state index in [4.69, 9.17) is 4.99 Å². The molecule has 2 aromatic carbocycles. The number of phenolic OH excluding ortho intramolecular Hbond substituents is 1. The summed E-state index contributed by atoms with van der Waals surface area (Å²) in [5.74, 6) is 0.275. The highest BCUT2D eigenvalue weighted by Gasteiger charge is 2.38. The molecular weight excluding hydrogens is 392 g/mol. The predicted octanol–water partition coefficient (Wildman–Crippen LogP) is 6.06. The zero-order chi connectivity index (χ0) is 20.9. The van der Waals surface area contributed by atoms with Crippen LogP contribution in [0.2, 0.25) is 0 Å². The van der Waals surface area contributed by atoms with Gasteiger partial charge >= 0.3 is 0 Å². The molecule has 1 amide bonds. The molecule has 2 fully saturated rings. The minimum Gasteiger partial charge on any atom is -0.508 e. The minimum absolute atomic E-state index is 0.0277. The lowest BCUT2D eigenvalue weighted by molar-refractivity contribution is -0.124. The molecule has 4 rings (SSSR count). The lowest BCUT2D eigenvalue weighted by atomic mass is 9.94. The fourth-order valence-electron chi connectivity index (χ4n) is 4.00. The highest BCUT2D eigenvalue weighted by Crippen LogP contribution is 2.38. The molecule has 1 heterocycles. The van der Waals surface area contributed by atoms with Gasteiger partial charge in [0.05, 0.1) is 10.6 Å². The van der Waals surface area contributed by atoms with Gasteiger partial charge in [-0.25, -0.2) is 4.99 Å². The number of phenols is 1. The first-order valence-electron chi connectivity index (χ1n) is 10.5. The quantitative estimate of drug-likeness (QED) is 0.474. The van der Waals surface area contributed by atoms with Crippen molar-refractivity contribution in [1.29, 1.82) is 0 Å². The maximum Gasteiger partial charge on any atom is 0.267 e. The number of carbonyl (C=O) groups excluding carboxylic acids is 1. The monoisotopic (exact) mass is 418 g/mol. The van der Waals surface area contributed by atoms with E-state index in [1.165, 1.54) is 18.2 Å². The zero-order valence-electron chi connectivity index (χ0n) is 17.0. The van der Waals surface area contributed by atoms with E-state index in [0.717, 1.165) is 47.7 Å². The van der Waals surface area contributed by atoms with E-state index in [1.807, 2.05) is 53.4 Å². The van der Waals surface area contributed by atoms with Crippen LogP contribution in [0.4, 0.5) is 5.69 Å². The van der Waals surface area contributed by atoms with Gasteiger partial charge in [0, 0.05) is 6.04 Å². The Bertz CT molecular complexity index is 991. The third kappa shape index (κ3) is 4.51. The van der Waals surface area contributed by atoms with E-state index in [1.54, 1.807) is 12.1 Å². The summed E-state index contributed by atoms with van der Waals surface area (Å²) >= 11 is 1.44. The van der Waals surface area contributed by atoms with Crippen LogP contribution in [0, 0.1) is 0 Å². The molecule has 2 aromatic rings. The number of nitrogens with zero attached hydrogens (tertiary/aromatic N) is 2. The highest BCUT2D eigenvalue weighted by molar-refractivity contribution is 8.18. The van der Waals surface area contributed by atoms with Crippen molar-refractivity contribution in [3.05, 3.63) is 77.2 Å². The van der Waals surface area contributed by atoms with E-state index in [9.17, 15) is 9.90 Å². The molecule has 154 valence electrons. The first kappa shape index (κ1) is 20.5. The van der Waals surface area contributed by atoms with Crippen LogP contribution in [0.1, 0.15) is 43.2 Å². The topological polar surface area (TPSA) is 52.9 Å². The number of hydrogen-bond donors (Lipinski definition) is 1. The smallest absolute Gasteiger partial charge is 0.267 e. The predicted molar refractivity (Wildman–Crippen MR) is 125 cm³/mol. The van der Waals surface area contributed by atoms with E-state index in [2.05, 4.69) is 6.58 Å². The molecule has 4 nitrogen and oxygen atoms in total. The second kappa shape index (κ2) is 9.35. The number of thioether (sulfide) groups is 1. The first-order chi connectivity index (χ1) is 14.7. The van der Waals surface area contributed by atoms with Crippen molar-refractivity contribution in [2.24, 2.45) is 4.99 Å².